The van der Waals surface area contributed by atoms with Crippen LogP contribution in [-0.4, -0.2) is 61.0 Å². The molecule has 1 heterocycles. The summed E-state index contributed by atoms with van der Waals surface area (Å²) in [7, 11) is 0. The fraction of sp³-hybridized carbons (Fsp3) is 0.824. The van der Waals surface area contributed by atoms with Crippen molar-refractivity contribution in [3.8, 4) is 0 Å². The number of amides is 1. The van der Waals surface area contributed by atoms with E-state index in [1.165, 1.54) is 12.8 Å². The van der Waals surface area contributed by atoms with Gasteiger partial charge in [0.2, 0.25) is 5.91 Å². The van der Waals surface area contributed by atoms with Gasteiger partial charge in [-0.25, -0.2) is 0 Å². The molecule has 21 heavy (non-hydrogen) atoms. The van der Waals surface area contributed by atoms with Crippen LogP contribution in [0.2, 0.25) is 0 Å². The molecular formula is C17H33N3O. The highest BCUT2D eigenvalue weighted by atomic mass is 16.2. The molecule has 0 atom stereocenters. The van der Waals surface area contributed by atoms with Crippen molar-refractivity contribution in [3.63, 3.8) is 0 Å². The number of carbonyl (C=O) groups is 1. The van der Waals surface area contributed by atoms with E-state index in [-0.39, 0.29) is 5.91 Å². The second kappa shape index (κ2) is 9.21. The molecule has 0 unspecified atom stereocenters. The van der Waals surface area contributed by atoms with Crippen molar-refractivity contribution in [1.82, 2.24) is 15.1 Å². The van der Waals surface area contributed by atoms with E-state index in [1.54, 1.807) is 0 Å². The highest BCUT2D eigenvalue weighted by Crippen LogP contribution is 2.15. The zero-order chi connectivity index (χ0) is 15.8. The Morgan fingerprint density at radius 2 is 1.90 bits per heavy atom. The van der Waals surface area contributed by atoms with Gasteiger partial charge in [-0.05, 0) is 59.5 Å². The zero-order valence-electron chi connectivity index (χ0n) is 14.3. The van der Waals surface area contributed by atoms with Gasteiger partial charge >= 0.3 is 0 Å². The van der Waals surface area contributed by atoms with Crippen molar-refractivity contribution in [3.05, 3.63) is 12.2 Å². The molecule has 1 fully saturated rings. The molecule has 1 aliphatic rings. The number of nitrogens with zero attached hydrogens (tertiary/aromatic N) is 2. The average molecular weight is 295 g/mol. The van der Waals surface area contributed by atoms with E-state index >= 15 is 0 Å². The van der Waals surface area contributed by atoms with E-state index in [2.05, 4.69) is 30.6 Å². The molecular weight excluding hydrogens is 262 g/mol. The molecule has 0 saturated carbocycles. The van der Waals surface area contributed by atoms with Crippen LogP contribution in [0.25, 0.3) is 0 Å². The molecule has 1 rings (SSSR count). The first kappa shape index (κ1) is 18.2. The van der Waals surface area contributed by atoms with E-state index in [0.29, 0.717) is 19.1 Å². The summed E-state index contributed by atoms with van der Waals surface area (Å²) in [5.74, 6) is 0.945. The molecule has 1 N–H and O–H groups in total. The third kappa shape index (κ3) is 6.62. The fourth-order valence-corrected chi connectivity index (χ4v) is 2.83. The average Bonchev–Trinajstić information content (AvgIpc) is 2.44. The summed E-state index contributed by atoms with van der Waals surface area (Å²) < 4.78 is 0. The first-order chi connectivity index (χ1) is 9.93. The molecule has 0 aromatic heterocycles. The third-order valence-electron chi connectivity index (χ3n) is 4.22. The first-order valence-corrected chi connectivity index (χ1v) is 8.31. The van der Waals surface area contributed by atoms with E-state index in [4.69, 9.17) is 0 Å². The Kier molecular flexibility index (Phi) is 7.97. The molecule has 0 spiro atoms. The summed E-state index contributed by atoms with van der Waals surface area (Å²) in [5, 5.41) is 3.40. The van der Waals surface area contributed by atoms with Crippen molar-refractivity contribution in [2.75, 3.05) is 39.3 Å². The summed E-state index contributed by atoms with van der Waals surface area (Å²) in [6.45, 7) is 17.5. The van der Waals surface area contributed by atoms with Crippen LogP contribution in [0.15, 0.2) is 12.2 Å². The maximum absolute atomic E-state index is 12.5. The molecule has 0 radical (unpaired) electrons. The summed E-state index contributed by atoms with van der Waals surface area (Å²) in [4.78, 5) is 16.7. The molecule has 0 bridgehead atoms. The van der Waals surface area contributed by atoms with Crippen molar-refractivity contribution in [1.29, 1.82) is 0 Å². The van der Waals surface area contributed by atoms with Gasteiger partial charge < -0.3 is 10.2 Å². The topological polar surface area (TPSA) is 35.6 Å². The van der Waals surface area contributed by atoms with E-state index < -0.39 is 0 Å². The summed E-state index contributed by atoms with van der Waals surface area (Å²) in [6, 6.07) is 0.410. The van der Waals surface area contributed by atoms with Gasteiger partial charge in [-0.1, -0.05) is 12.2 Å². The number of hydrogen-bond acceptors (Lipinski definition) is 3. The van der Waals surface area contributed by atoms with Crippen molar-refractivity contribution in [2.24, 2.45) is 5.92 Å². The largest absolute Gasteiger partial charge is 0.338 e. The third-order valence-corrected chi connectivity index (χ3v) is 4.22. The van der Waals surface area contributed by atoms with Crippen LogP contribution in [0, 0.1) is 5.92 Å². The van der Waals surface area contributed by atoms with Gasteiger partial charge in [-0.3, -0.25) is 9.69 Å². The van der Waals surface area contributed by atoms with Crippen LogP contribution in [0.5, 0.6) is 0 Å². The second-order valence-electron chi connectivity index (χ2n) is 6.58. The van der Waals surface area contributed by atoms with E-state index in [9.17, 15) is 4.79 Å². The van der Waals surface area contributed by atoms with Crippen LogP contribution in [0.3, 0.4) is 0 Å². The Morgan fingerprint density at radius 1 is 1.29 bits per heavy atom. The zero-order valence-corrected chi connectivity index (χ0v) is 14.3. The molecule has 0 aromatic rings. The van der Waals surface area contributed by atoms with Crippen LogP contribution in [0.1, 0.15) is 40.5 Å². The fourth-order valence-electron chi connectivity index (χ4n) is 2.83. The second-order valence-corrected chi connectivity index (χ2v) is 6.58. The summed E-state index contributed by atoms with van der Waals surface area (Å²) in [6.07, 6.45) is 2.45. The van der Waals surface area contributed by atoms with E-state index in [1.807, 2.05) is 18.7 Å². The lowest BCUT2D eigenvalue weighted by atomic mass is 9.97. The van der Waals surface area contributed by atoms with Crippen molar-refractivity contribution < 1.29 is 4.79 Å². The molecule has 1 saturated heterocycles. The summed E-state index contributed by atoms with van der Waals surface area (Å²) >= 11 is 0. The van der Waals surface area contributed by atoms with Crippen LogP contribution < -0.4 is 5.32 Å². The number of hydrogen-bond donors (Lipinski definition) is 1. The Labute approximate surface area is 130 Å². The van der Waals surface area contributed by atoms with Gasteiger partial charge in [0.1, 0.15) is 0 Å². The highest BCUT2D eigenvalue weighted by molar-refractivity contribution is 5.78. The van der Waals surface area contributed by atoms with Gasteiger partial charge in [0.25, 0.3) is 0 Å². The van der Waals surface area contributed by atoms with Gasteiger partial charge in [-0.2, -0.15) is 0 Å². The van der Waals surface area contributed by atoms with Gasteiger partial charge in [0.05, 0.1) is 6.54 Å². The Hall–Kier alpha value is -0.870. The number of carbonyl (C=O) groups excluding carboxylic acids is 1. The van der Waals surface area contributed by atoms with Crippen LogP contribution >= 0.6 is 0 Å². The lowest BCUT2D eigenvalue weighted by Crippen LogP contribution is -2.46. The van der Waals surface area contributed by atoms with Gasteiger partial charge in [-0.15, -0.1) is 0 Å². The predicted octanol–water partition coefficient (Wildman–Crippen LogP) is 2.12. The Morgan fingerprint density at radius 3 is 2.38 bits per heavy atom. The molecule has 122 valence electrons. The molecule has 1 aliphatic heterocycles. The lowest BCUT2D eigenvalue weighted by molar-refractivity contribution is -0.132. The van der Waals surface area contributed by atoms with Crippen molar-refractivity contribution in [2.45, 2.75) is 46.6 Å². The van der Waals surface area contributed by atoms with Gasteiger partial charge in [0, 0.05) is 25.7 Å². The normalized spacial score (nSPS) is 16.5. The maximum atomic E-state index is 12.5. The van der Waals surface area contributed by atoms with E-state index in [0.717, 1.165) is 37.7 Å². The van der Waals surface area contributed by atoms with Crippen LogP contribution in [0.4, 0.5) is 0 Å². The molecule has 4 nitrogen and oxygen atoms in total. The molecule has 0 aromatic carbocycles. The molecule has 1 amide bonds. The minimum absolute atomic E-state index is 0.225. The number of rotatable bonds is 8. The van der Waals surface area contributed by atoms with Crippen LogP contribution in [-0.2, 0) is 4.79 Å². The lowest BCUT2D eigenvalue weighted by Gasteiger charge is -2.33. The number of nitrogens with one attached hydrogen (secondary N) is 1. The van der Waals surface area contributed by atoms with Gasteiger partial charge in [0.15, 0.2) is 0 Å². The standard InChI is InChI=1S/C17H33N3O/c1-6-19(11-14(2)3)17(21)13-20(15(4)5)12-16-7-9-18-10-8-16/h15-16,18H,2,6-13H2,1,3-5H3. The number of likely N-dealkylation sites (N-methyl/N-ethyl adjacent to an activating group) is 1. The Bertz CT molecular complexity index is 335. The smallest absolute Gasteiger partial charge is 0.237 e. The predicted molar refractivity (Wildman–Crippen MR) is 89.4 cm³/mol. The summed E-state index contributed by atoms with van der Waals surface area (Å²) in [5.41, 5.74) is 1.04. The minimum Gasteiger partial charge on any atom is -0.338 e. The van der Waals surface area contributed by atoms with Crippen molar-refractivity contribution >= 4 is 5.91 Å². The maximum Gasteiger partial charge on any atom is 0.237 e. The molecule has 4 heteroatoms. The number of piperidine rings is 1. The first-order valence-electron chi connectivity index (χ1n) is 8.31. The SMILES string of the molecule is C=C(C)CN(CC)C(=O)CN(CC1CCNCC1)C(C)C. The quantitative estimate of drug-likeness (QED) is 0.697. The monoisotopic (exact) mass is 295 g/mol. The highest BCUT2D eigenvalue weighted by Gasteiger charge is 2.22. The minimum atomic E-state index is 0.225. The molecule has 0 aliphatic carbocycles. The Balaban J connectivity index is 2.55.